The molecule has 0 bridgehead atoms. The highest BCUT2D eigenvalue weighted by atomic mass is 16.5. The van der Waals surface area contributed by atoms with Crippen molar-refractivity contribution < 1.29 is 9.32 Å². The molecule has 21 heavy (non-hydrogen) atoms. The SMILES string of the molecule is Cc1noc(C)c1CC(=O)N1CCCc2cc(N)ccc21. The summed E-state index contributed by atoms with van der Waals surface area (Å²) in [7, 11) is 0. The average Bonchev–Trinajstić information content (AvgIpc) is 2.78. The second-order valence-electron chi connectivity index (χ2n) is 5.52. The fourth-order valence-corrected chi connectivity index (χ4v) is 2.88. The summed E-state index contributed by atoms with van der Waals surface area (Å²) >= 11 is 0. The molecule has 0 radical (unpaired) electrons. The van der Waals surface area contributed by atoms with Crippen LogP contribution in [0.3, 0.4) is 0 Å². The van der Waals surface area contributed by atoms with Crippen LogP contribution >= 0.6 is 0 Å². The van der Waals surface area contributed by atoms with E-state index in [1.54, 1.807) is 0 Å². The molecule has 2 N–H and O–H groups in total. The van der Waals surface area contributed by atoms with Crippen LogP contribution in [0.15, 0.2) is 22.7 Å². The van der Waals surface area contributed by atoms with Crippen molar-refractivity contribution in [1.82, 2.24) is 5.16 Å². The topological polar surface area (TPSA) is 72.4 Å². The van der Waals surface area contributed by atoms with E-state index in [0.717, 1.165) is 53.3 Å². The van der Waals surface area contributed by atoms with Crippen molar-refractivity contribution in [3.8, 4) is 0 Å². The Bertz CT molecular complexity index is 671. The summed E-state index contributed by atoms with van der Waals surface area (Å²) in [6.45, 7) is 4.45. The lowest BCUT2D eigenvalue weighted by molar-refractivity contribution is -0.118. The Morgan fingerprint density at radius 1 is 1.43 bits per heavy atom. The molecule has 0 aliphatic carbocycles. The van der Waals surface area contributed by atoms with Gasteiger partial charge in [-0.2, -0.15) is 0 Å². The van der Waals surface area contributed by atoms with Gasteiger partial charge in [-0.3, -0.25) is 4.79 Å². The summed E-state index contributed by atoms with van der Waals surface area (Å²) in [6, 6.07) is 5.75. The maximum Gasteiger partial charge on any atom is 0.231 e. The number of carbonyl (C=O) groups is 1. The number of hydrogen-bond acceptors (Lipinski definition) is 4. The molecular weight excluding hydrogens is 266 g/mol. The van der Waals surface area contributed by atoms with Gasteiger partial charge in [-0.1, -0.05) is 5.16 Å². The molecule has 1 aliphatic heterocycles. The lowest BCUT2D eigenvalue weighted by Gasteiger charge is -2.29. The van der Waals surface area contributed by atoms with Crippen molar-refractivity contribution in [2.24, 2.45) is 0 Å². The predicted molar refractivity (Wildman–Crippen MR) is 81.2 cm³/mol. The summed E-state index contributed by atoms with van der Waals surface area (Å²) < 4.78 is 5.13. The minimum Gasteiger partial charge on any atom is -0.399 e. The van der Waals surface area contributed by atoms with E-state index in [4.69, 9.17) is 10.3 Å². The van der Waals surface area contributed by atoms with E-state index in [-0.39, 0.29) is 5.91 Å². The normalized spacial score (nSPS) is 14.1. The zero-order valence-electron chi connectivity index (χ0n) is 12.3. The molecule has 2 heterocycles. The van der Waals surface area contributed by atoms with Crippen LogP contribution in [0, 0.1) is 13.8 Å². The molecule has 1 aliphatic rings. The lowest BCUT2D eigenvalue weighted by atomic mass is 10.00. The van der Waals surface area contributed by atoms with Crippen molar-refractivity contribution >= 4 is 17.3 Å². The van der Waals surface area contributed by atoms with Crippen LogP contribution in [0.5, 0.6) is 0 Å². The minimum atomic E-state index is 0.0788. The molecule has 110 valence electrons. The highest BCUT2D eigenvalue weighted by Crippen LogP contribution is 2.29. The number of aromatic nitrogens is 1. The van der Waals surface area contributed by atoms with Crippen LogP contribution in [0.4, 0.5) is 11.4 Å². The van der Waals surface area contributed by atoms with Gasteiger partial charge in [0, 0.05) is 23.5 Å². The van der Waals surface area contributed by atoms with Crippen molar-refractivity contribution in [2.75, 3.05) is 17.2 Å². The lowest BCUT2D eigenvalue weighted by Crippen LogP contribution is -2.36. The summed E-state index contributed by atoms with van der Waals surface area (Å²) in [5.41, 5.74) is 10.4. The first-order chi connectivity index (χ1) is 10.1. The van der Waals surface area contributed by atoms with E-state index in [1.165, 1.54) is 0 Å². The van der Waals surface area contributed by atoms with E-state index in [0.29, 0.717) is 6.42 Å². The van der Waals surface area contributed by atoms with Gasteiger partial charge < -0.3 is 15.2 Å². The van der Waals surface area contributed by atoms with Crippen molar-refractivity contribution in [1.29, 1.82) is 0 Å². The van der Waals surface area contributed by atoms with Crippen LogP contribution in [0.1, 0.15) is 29.0 Å². The third-order valence-corrected chi connectivity index (χ3v) is 4.03. The molecular formula is C16H19N3O2. The number of fused-ring (bicyclic) bond motifs is 1. The van der Waals surface area contributed by atoms with E-state index in [2.05, 4.69) is 5.16 Å². The minimum absolute atomic E-state index is 0.0788. The fourth-order valence-electron chi connectivity index (χ4n) is 2.88. The number of aryl methyl sites for hydroxylation is 3. The Morgan fingerprint density at radius 3 is 2.95 bits per heavy atom. The molecule has 1 aromatic carbocycles. The highest BCUT2D eigenvalue weighted by Gasteiger charge is 2.24. The first-order valence-corrected chi connectivity index (χ1v) is 7.17. The first-order valence-electron chi connectivity index (χ1n) is 7.17. The van der Waals surface area contributed by atoms with E-state index in [1.807, 2.05) is 36.9 Å². The van der Waals surface area contributed by atoms with Crippen molar-refractivity contribution in [3.05, 3.63) is 40.8 Å². The predicted octanol–water partition coefficient (Wildman–Crippen LogP) is 2.40. The Morgan fingerprint density at radius 2 is 2.24 bits per heavy atom. The number of amides is 1. The molecule has 0 saturated carbocycles. The number of nitrogens with two attached hydrogens (primary N) is 1. The van der Waals surface area contributed by atoms with Gasteiger partial charge in [0.05, 0.1) is 12.1 Å². The summed E-state index contributed by atoms with van der Waals surface area (Å²) in [4.78, 5) is 14.5. The van der Waals surface area contributed by atoms with Gasteiger partial charge in [-0.15, -0.1) is 0 Å². The number of anilines is 2. The zero-order valence-corrected chi connectivity index (χ0v) is 12.3. The Balaban J connectivity index is 1.87. The summed E-state index contributed by atoms with van der Waals surface area (Å²) in [5, 5.41) is 3.91. The molecule has 0 atom stereocenters. The quantitative estimate of drug-likeness (QED) is 0.860. The van der Waals surface area contributed by atoms with E-state index >= 15 is 0 Å². The first kappa shape index (κ1) is 13.7. The number of rotatable bonds is 2. The van der Waals surface area contributed by atoms with Crippen molar-refractivity contribution in [2.45, 2.75) is 33.1 Å². The van der Waals surface area contributed by atoms with Gasteiger partial charge >= 0.3 is 0 Å². The monoisotopic (exact) mass is 285 g/mol. The Hall–Kier alpha value is -2.30. The van der Waals surface area contributed by atoms with E-state index in [9.17, 15) is 4.79 Å². The third-order valence-electron chi connectivity index (χ3n) is 4.03. The number of benzene rings is 1. The largest absolute Gasteiger partial charge is 0.399 e. The van der Waals surface area contributed by atoms with Gasteiger partial charge in [0.2, 0.25) is 5.91 Å². The van der Waals surface area contributed by atoms with Crippen molar-refractivity contribution in [3.63, 3.8) is 0 Å². The second kappa shape index (κ2) is 5.24. The molecule has 5 heteroatoms. The molecule has 2 aromatic rings. The maximum atomic E-state index is 12.6. The molecule has 0 spiro atoms. The van der Waals surface area contributed by atoms with Crippen LogP contribution in [0.2, 0.25) is 0 Å². The summed E-state index contributed by atoms with van der Waals surface area (Å²) in [5.74, 6) is 0.797. The Kier molecular flexibility index (Phi) is 3.41. The van der Waals surface area contributed by atoms with Crippen LogP contribution < -0.4 is 10.6 Å². The van der Waals surface area contributed by atoms with Gasteiger partial charge in [0.25, 0.3) is 0 Å². The number of hydrogen-bond donors (Lipinski definition) is 1. The van der Waals surface area contributed by atoms with Gasteiger partial charge in [0.1, 0.15) is 5.76 Å². The van der Waals surface area contributed by atoms with E-state index < -0.39 is 0 Å². The van der Waals surface area contributed by atoms with Crippen LogP contribution in [0.25, 0.3) is 0 Å². The summed E-state index contributed by atoms with van der Waals surface area (Å²) in [6.07, 6.45) is 2.25. The molecule has 1 amide bonds. The number of nitrogens with zero attached hydrogens (tertiary/aromatic N) is 2. The standard InChI is InChI=1S/C16H19N3O2/c1-10-14(11(2)21-18-10)9-16(20)19-7-3-4-12-8-13(17)5-6-15(12)19/h5-6,8H,3-4,7,9,17H2,1-2H3. The second-order valence-corrected chi connectivity index (χ2v) is 5.52. The van der Waals surface area contributed by atoms with Gasteiger partial charge in [-0.05, 0) is 50.5 Å². The smallest absolute Gasteiger partial charge is 0.231 e. The number of nitrogen functional groups attached to an aromatic ring is 1. The van der Waals surface area contributed by atoms with Crippen LogP contribution in [-0.4, -0.2) is 17.6 Å². The zero-order chi connectivity index (χ0) is 15.0. The molecule has 0 fully saturated rings. The molecule has 5 nitrogen and oxygen atoms in total. The fraction of sp³-hybridized carbons (Fsp3) is 0.375. The average molecular weight is 285 g/mol. The van der Waals surface area contributed by atoms with Gasteiger partial charge in [-0.25, -0.2) is 0 Å². The third kappa shape index (κ3) is 2.51. The van der Waals surface area contributed by atoms with Crippen LogP contribution in [-0.2, 0) is 17.6 Å². The molecule has 0 saturated heterocycles. The molecule has 0 unspecified atom stereocenters. The number of carbonyl (C=O) groups excluding carboxylic acids is 1. The maximum absolute atomic E-state index is 12.6. The molecule has 1 aromatic heterocycles. The Labute approximate surface area is 123 Å². The highest BCUT2D eigenvalue weighted by molar-refractivity contribution is 5.96. The molecule has 3 rings (SSSR count). The van der Waals surface area contributed by atoms with Gasteiger partial charge in [0.15, 0.2) is 0 Å².